The van der Waals surface area contributed by atoms with Crippen molar-refractivity contribution in [3.8, 4) is 11.1 Å². The third-order valence-corrected chi connectivity index (χ3v) is 5.64. The van der Waals surface area contributed by atoms with Crippen LogP contribution in [0.25, 0.3) is 11.1 Å². The first-order chi connectivity index (χ1) is 11.6. The van der Waals surface area contributed by atoms with Crippen LogP contribution in [-0.2, 0) is 0 Å². The first kappa shape index (κ1) is 15.4. The monoisotopic (exact) mass is 324 g/mol. The number of aryl methyl sites for hydroxylation is 1. The molecule has 126 valence electrons. The van der Waals surface area contributed by atoms with Crippen molar-refractivity contribution < 1.29 is 4.79 Å². The lowest BCUT2D eigenvalue weighted by Crippen LogP contribution is -2.62. The lowest BCUT2D eigenvalue weighted by Gasteiger charge is -2.49. The molecule has 5 heteroatoms. The standard InChI is InChI=1S/C19H24N4O/c1-13-3-5-15(6-4-13)17-11-20-23(12-17)19(24)21-18-14(2)22-9-7-16(18)8-10-22/h3-6,11-12,14,16,18H,7-10H2,1-2H3,(H,21,24)/t14-,18-/m0/s1. The summed E-state index contributed by atoms with van der Waals surface area (Å²) in [6, 6.07) is 8.77. The van der Waals surface area contributed by atoms with Crippen molar-refractivity contribution >= 4 is 6.03 Å². The van der Waals surface area contributed by atoms with Crippen molar-refractivity contribution in [1.82, 2.24) is 20.0 Å². The van der Waals surface area contributed by atoms with Crippen LogP contribution < -0.4 is 5.32 Å². The Hall–Kier alpha value is -2.14. The van der Waals surface area contributed by atoms with Crippen LogP contribution in [0.3, 0.4) is 0 Å². The lowest BCUT2D eigenvalue weighted by molar-refractivity contribution is 0.0266. The number of amides is 1. The van der Waals surface area contributed by atoms with Crippen LogP contribution in [0.15, 0.2) is 36.7 Å². The number of aromatic nitrogens is 2. The van der Waals surface area contributed by atoms with Gasteiger partial charge in [0.1, 0.15) is 0 Å². The largest absolute Gasteiger partial charge is 0.342 e. The number of carbonyl (C=O) groups is 1. The van der Waals surface area contributed by atoms with Gasteiger partial charge in [-0.15, -0.1) is 0 Å². The van der Waals surface area contributed by atoms with Crippen LogP contribution in [0, 0.1) is 12.8 Å². The van der Waals surface area contributed by atoms with Crippen LogP contribution in [0.5, 0.6) is 0 Å². The zero-order valence-electron chi connectivity index (χ0n) is 14.3. The molecule has 2 bridgehead atoms. The zero-order valence-corrected chi connectivity index (χ0v) is 14.3. The average Bonchev–Trinajstić information content (AvgIpc) is 3.09. The second-order valence-corrected chi connectivity index (χ2v) is 7.13. The van der Waals surface area contributed by atoms with Crippen molar-refractivity contribution in [1.29, 1.82) is 0 Å². The molecule has 1 aromatic carbocycles. The zero-order chi connectivity index (χ0) is 16.7. The van der Waals surface area contributed by atoms with E-state index in [-0.39, 0.29) is 12.1 Å². The normalized spacial score (nSPS) is 28.8. The minimum absolute atomic E-state index is 0.126. The van der Waals surface area contributed by atoms with Gasteiger partial charge in [-0.3, -0.25) is 4.90 Å². The molecule has 4 heterocycles. The third kappa shape index (κ3) is 2.73. The van der Waals surface area contributed by atoms with Gasteiger partial charge in [0.05, 0.1) is 6.20 Å². The van der Waals surface area contributed by atoms with Gasteiger partial charge < -0.3 is 5.32 Å². The summed E-state index contributed by atoms with van der Waals surface area (Å²) in [4.78, 5) is 15.1. The highest BCUT2D eigenvalue weighted by molar-refractivity contribution is 5.78. The Kier molecular flexibility index (Phi) is 3.88. The summed E-state index contributed by atoms with van der Waals surface area (Å²) in [5.41, 5.74) is 3.27. The molecule has 0 saturated carbocycles. The molecule has 24 heavy (non-hydrogen) atoms. The van der Waals surface area contributed by atoms with E-state index in [9.17, 15) is 4.79 Å². The number of rotatable bonds is 2. The minimum Gasteiger partial charge on any atom is -0.332 e. The quantitative estimate of drug-likeness (QED) is 0.924. The molecular weight excluding hydrogens is 300 g/mol. The molecule has 5 nitrogen and oxygen atoms in total. The fourth-order valence-corrected chi connectivity index (χ4v) is 4.08. The second-order valence-electron chi connectivity index (χ2n) is 7.13. The van der Waals surface area contributed by atoms with Crippen LogP contribution in [-0.4, -0.2) is 45.9 Å². The number of piperidine rings is 3. The molecule has 1 N–H and O–H groups in total. The maximum Gasteiger partial charge on any atom is 0.342 e. The molecule has 1 aromatic heterocycles. The SMILES string of the molecule is Cc1ccc(-c2cnn(C(=O)N[C@@H]3C4CCN(CC4)[C@H]3C)c2)cc1. The smallest absolute Gasteiger partial charge is 0.332 e. The van der Waals surface area contributed by atoms with Crippen molar-refractivity contribution in [2.24, 2.45) is 5.92 Å². The summed E-state index contributed by atoms with van der Waals surface area (Å²) in [5.74, 6) is 0.598. The van der Waals surface area contributed by atoms with E-state index in [4.69, 9.17) is 0 Å². The molecule has 3 saturated heterocycles. The number of fused-ring (bicyclic) bond motifs is 3. The number of benzene rings is 1. The highest BCUT2D eigenvalue weighted by atomic mass is 16.2. The van der Waals surface area contributed by atoms with E-state index >= 15 is 0 Å². The third-order valence-electron chi connectivity index (χ3n) is 5.64. The number of hydrogen-bond acceptors (Lipinski definition) is 3. The van der Waals surface area contributed by atoms with Gasteiger partial charge in [-0.25, -0.2) is 4.79 Å². The van der Waals surface area contributed by atoms with E-state index in [0.29, 0.717) is 12.0 Å². The van der Waals surface area contributed by atoms with Crippen LogP contribution >= 0.6 is 0 Å². The Labute approximate surface area is 142 Å². The highest BCUT2D eigenvalue weighted by Gasteiger charge is 2.40. The Balaban J connectivity index is 1.48. The highest BCUT2D eigenvalue weighted by Crippen LogP contribution is 2.32. The van der Waals surface area contributed by atoms with Crippen LogP contribution in [0.4, 0.5) is 4.79 Å². The van der Waals surface area contributed by atoms with Gasteiger partial charge in [0, 0.05) is 23.8 Å². The minimum atomic E-state index is -0.126. The Morgan fingerprint density at radius 1 is 1.17 bits per heavy atom. The second kappa shape index (κ2) is 6.06. The molecule has 0 radical (unpaired) electrons. The molecule has 1 amide bonds. The van der Waals surface area contributed by atoms with Gasteiger partial charge in [0.2, 0.25) is 0 Å². The maximum atomic E-state index is 12.6. The van der Waals surface area contributed by atoms with Gasteiger partial charge in [-0.2, -0.15) is 9.78 Å². The molecule has 0 spiro atoms. The Morgan fingerprint density at radius 2 is 1.88 bits per heavy atom. The van der Waals surface area contributed by atoms with E-state index in [1.54, 1.807) is 6.20 Å². The van der Waals surface area contributed by atoms with Gasteiger partial charge in [0.15, 0.2) is 0 Å². The summed E-state index contributed by atoms with van der Waals surface area (Å²) in [7, 11) is 0. The summed E-state index contributed by atoms with van der Waals surface area (Å²) < 4.78 is 1.43. The molecule has 3 fully saturated rings. The first-order valence-electron chi connectivity index (χ1n) is 8.78. The van der Waals surface area contributed by atoms with Gasteiger partial charge in [-0.05, 0) is 51.3 Å². The number of hydrogen-bond donors (Lipinski definition) is 1. The number of carbonyl (C=O) groups excluding carboxylic acids is 1. The van der Waals surface area contributed by atoms with E-state index in [1.807, 2.05) is 6.20 Å². The van der Waals surface area contributed by atoms with E-state index < -0.39 is 0 Å². The fourth-order valence-electron chi connectivity index (χ4n) is 4.08. The van der Waals surface area contributed by atoms with E-state index in [0.717, 1.165) is 24.2 Å². The average molecular weight is 324 g/mol. The summed E-state index contributed by atoms with van der Waals surface area (Å²) in [6.45, 7) is 6.61. The topological polar surface area (TPSA) is 50.2 Å². The molecule has 0 unspecified atom stereocenters. The predicted octanol–water partition coefficient (Wildman–Crippen LogP) is 2.90. The molecule has 3 aliphatic rings. The lowest BCUT2D eigenvalue weighted by atomic mass is 9.79. The van der Waals surface area contributed by atoms with Crippen molar-refractivity contribution in [3.63, 3.8) is 0 Å². The molecular formula is C19H24N4O. The Bertz CT molecular complexity index is 726. The first-order valence-corrected chi connectivity index (χ1v) is 8.78. The van der Waals surface area contributed by atoms with Crippen molar-refractivity contribution in [2.45, 2.75) is 38.8 Å². The van der Waals surface area contributed by atoms with Crippen molar-refractivity contribution in [2.75, 3.05) is 13.1 Å². The summed E-state index contributed by atoms with van der Waals surface area (Å²) >= 11 is 0. The molecule has 0 aliphatic carbocycles. The predicted molar refractivity (Wildman–Crippen MR) is 93.9 cm³/mol. The summed E-state index contributed by atoms with van der Waals surface area (Å²) in [5, 5.41) is 7.47. The van der Waals surface area contributed by atoms with E-state index in [2.05, 4.69) is 53.4 Å². The molecule has 2 atom stereocenters. The van der Waals surface area contributed by atoms with Crippen molar-refractivity contribution in [3.05, 3.63) is 42.2 Å². The Morgan fingerprint density at radius 3 is 2.54 bits per heavy atom. The van der Waals surface area contributed by atoms with E-state index in [1.165, 1.54) is 23.1 Å². The summed E-state index contributed by atoms with van der Waals surface area (Å²) in [6.07, 6.45) is 5.93. The number of nitrogens with one attached hydrogen (secondary N) is 1. The molecule has 5 rings (SSSR count). The van der Waals surface area contributed by atoms with Gasteiger partial charge >= 0.3 is 6.03 Å². The molecule has 2 aromatic rings. The van der Waals surface area contributed by atoms with Gasteiger partial charge in [0.25, 0.3) is 0 Å². The van der Waals surface area contributed by atoms with Crippen LogP contribution in [0.1, 0.15) is 25.3 Å². The maximum absolute atomic E-state index is 12.6. The van der Waals surface area contributed by atoms with Gasteiger partial charge in [-0.1, -0.05) is 29.8 Å². The van der Waals surface area contributed by atoms with Crippen LogP contribution in [0.2, 0.25) is 0 Å². The molecule has 3 aliphatic heterocycles. The number of nitrogens with zero attached hydrogens (tertiary/aromatic N) is 3. The fraction of sp³-hybridized carbons (Fsp3) is 0.474.